The van der Waals surface area contributed by atoms with Gasteiger partial charge >= 0.3 is 0 Å². The lowest BCUT2D eigenvalue weighted by atomic mass is 9.78. The molecule has 0 bridgehead atoms. The van der Waals surface area contributed by atoms with Crippen LogP contribution in [-0.4, -0.2) is 30.8 Å². The lowest BCUT2D eigenvalue weighted by Crippen LogP contribution is -2.35. The average Bonchev–Trinajstić information content (AvgIpc) is 2.97. The number of halogens is 1. The summed E-state index contributed by atoms with van der Waals surface area (Å²) in [7, 11) is 0. The van der Waals surface area contributed by atoms with E-state index in [1.54, 1.807) is 17.1 Å². The zero-order valence-electron chi connectivity index (χ0n) is 12.2. The predicted octanol–water partition coefficient (Wildman–Crippen LogP) is 2.95. The van der Waals surface area contributed by atoms with Gasteiger partial charge in [-0.05, 0) is 35.9 Å². The highest BCUT2D eigenvalue weighted by Crippen LogP contribution is 2.31. The summed E-state index contributed by atoms with van der Waals surface area (Å²) in [4.78, 5) is 12.7. The van der Waals surface area contributed by atoms with Crippen molar-refractivity contribution in [3.05, 3.63) is 23.7 Å². The molecule has 2 heterocycles. The molecular formula is C14H19ClN6. The smallest absolute Gasteiger partial charge is 0.256 e. The van der Waals surface area contributed by atoms with Crippen molar-refractivity contribution in [2.45, 2.75) is 39.2 Å². The van der Waals surface area contributed by atoms with Crippen LogP contribution < -0.4 is 5.32 Å². The van der Waals surface area contributed by atoms with E-state index in [4.69, 9.17) is 11.6 Å². The van der Waals surface area contributed by atoms with Gasteiger partial charge < -0.3 is 5.32 Å². The van der Waals surface area contributed by atoms with Gasteiger partial charge in [0.25, 0.3) is 5.95 Å². The van der Waals surface area contributed by atoms with Crippen molar-refractivity contribution in [2.24, 2.45) is 11.8 Å². The quantitative estimate of drug-likeness (QED) is 0.944. The van der Waals surface area contributed by atoms with Gasteiger partial charge in [-0.1, -0.05) is 26.7 Å². The minimum Gasteiger partial charge on any atom is -0.351 e. The Morgan fingerprint density at radius 1 is 1.24 bits per heavy atom. The molecule has 1 fully saturated rings. The number of hydrogen-bond acceptors (Lipinski definition) is 5. The molecule has 1 N–H and O–H groups in total. The van der Waals surface area contributed by atoms with Gasteiger partial charge in [-0.3, -0.25) is 0 Å². The van der Waals surface area contributed by atoms with Crippen LogP contribution in [0.15, 0.2) is 18.5 Å². The standard InChI is InChI=1S/C14H19ClN6/c1-9-5-3-6-11(10(9)2)17-13-18-12(15)19-14(20-13)21-8-4-7-16-21/h4,7-11H,3,5-6H2,1-2H3,(H,17,18,19,20). The molecule has 0 radical (unpaired) electrons. The first-order chi connectivity index (χ1) is 10.1. The van der Waals surface area contributed by atoms with Crippen molar-refractivity contribution >= 4 is 17.5 Å². The Labute approximate surface area is 129 Å². The zero-order valence-corrected chi connectivity index (χ0v) is 13.0. The van der Waals surface area contributed by atoms with Gasteiger partial charge in [0.15, 0.2) is 0 Å². The molecule has 0 aromatic carbocycles. The summed E-state index contributed by atoms with van der Waals surface area (Å²) in [6.07, 6.45) is 7.10. The van der Waals surface area contributed by atoms with Crippen LogP contribution in [0.2, 0.25) is 5.28 Å². The highest BCUT2D eigenvalue weighted by molar-refractivity contribution is 6.28. The molecule has 7 heteroatoms. The molecule has 1 aliphatic rings. The zero-order chi connectivity index (χ0) is 14.8. The number of nitrogens with zero attached hydrogens (tertiary/aromatic N) is 5. The van der Waals surface area contributed by atoms with Crippen molar-refractivity contribution in [3.8, 4) is 5.95 Å². The molecular weight excluding hydrogens is 288 g/mol. The second-order valence-corrected chi connectivity index (χ2v) is 6.03. The number of hydrogen-bond donors (Lipinski definition) is 1. The van der Waals surface area contributed by atoms with E-state index in [0.29, 0.717) is 29.8 Å². The first-order valence-corrected chi connectivity index (χ1v) is 7.69. The van der Waals surface area contributed by atoms with E-state index in [1.165, 1.54) is 12.8 Å². The summed E-state index contributed by atoms with van der Waals surface area (Å²) in [5.74, 6) is 2.24. The summed E-state index contributed by atoms with van der Waals surface area (Å²) in [6, 6.07) is 2.19. The summed E-state index contributed by atoms with van der Waals surface area (Å²) in [5, 5.41) is 7.71. The van der Waals surface area contributed by atoms with Crippen molar-refractivity contribution in [1.29, 1.82) is 0 Å². The lowest BCUT2D eigenvalue weighted by Gasteiger charge is -2.34. The average molecular weight is 307 g/mol. The van der Waals surface area contributed by atoms with Crippen LogP contribution >= 0.6 is 11.6 Å². The van der Waals surface area contributed by atoms with Crippen molar-refractivity contribution in [2.75, 3.05) is 5.32 Å². The fourth-order valence-electron chi connectivity index (χ4n) is 2.85. The highest BCUT2D eigenvalue weighted by Gasteiger charge is 2.27. The van der Waals surface area contributed by atoms with E-state index in [0.717, 1.165) is 6.42 Å². The van der Waals surface area contributed by atoms with Crippen molar-refractivity contribution in [3.63, 3.8) is 0 Å². The highest BCUT2D eigenvalue weighted by atomic mass is 35.5. The fraction of sp³-hybridized carbons (Fsp3) is 0.571. The van der Waals surface area contributed by atoms with Crippen LogP contribution in [0.25, 0.3) is 5.95 Å². The minimum absolute atomic E-state index is 0.175. The predicted molar refractivity (Wildman–Crippen MR) is 81.5 cm³/mol. The number of aromatic nitrogens is 5. The monoisotopic (exact) mass is 306 g/mol. The number of nitrogens with one attached hydrogen (secondary N) is 1. The van der Waals surface area contributed by atoms with Crippen LogP contribution in [0.5, 0.6) is 0 Å². The van der Waals surface area contributed by atoms with Crippen LogP contribution in [-0.2, 0) is 0 Å². The lowest BCUT2D eigenvalue weighted by molar-refractivity contribution is 0.252. The van der Waals surface area contributed by atoms with Crippen molar-refractivity contribution < 1.29 is 0 Å². The molecule has 1 saturated carbocycles. The molecule has 21 heavy (non-hydrogen) atoms. The third-order valence-electron chi connectivity index (χ3n) is 4.33. The van der Waals surface area contributed by atoms with Crippen LogP contribution in [0.3, 0.4) is 0 Å². The van der Waals surface area contributed by atoms with Crippen LogP contribution in [0, 0.1) is 11.8 Å². The first-order valence-electron chi connectivity index (χ1n) is 7.31. The third-order valence-corrected chi connectivity index (χ3v) is 4.50. The molecule has 2 aromatic rings. The second kappa shape index (κ2) is 5.97. The van der Waals surface area contributed by atoms with E-state index in [9.17, 15) is 0 Å². The topological polar surface area (TPSA) is 68.5 Å². The molecule has 0 spiro atoms. The maximum absolute atomic E-state index is 6.01. The summed E-state index contributed by atoms with van der Waals surface area (Å²) in [5.41, 5.74) is 0. The molecule has 0 aliphatic heterocycles. The summed E-state index contributed by atoms with van der Waals surface area (Å²) in [6.45, 7) is 4.58. The molecule has 3 rings (SSSR count). The van der Waals surface area contributed by atoms with Gasteiger partial charge in [-0.25, -0.2) is 4.68 Å². The SMILES string of the molecule is CC1CCCC(Nc2nc(Cl)nc(-n3cccn3)n2)C1C. The van der Waals surface area contributed by atoms with E-state index < -0.39 is 0 Å². The molecule has 3 atom stereocenters. The van der Waals surface area contributed by atoms with Gasteiger partial charge in [0, 0.05) is 18.4 Å². The molecule has 6 nitrogen and oxygen atoms in total. The Kier molecular flexibility index (Phi) is 4.05. The molecule has 112 valence electrons. The minimum atomic E-state index is 0.175. The van der Waals surface area contributed by atoms with Crippen LogP contribution in [0.1, 0.15) is 33.1 Å². The second-order valence-electron chi connectivity index (χ2n) is 5.70. The van der Waals surface area contributed by atoms with Gasteiger partial charge in [-0.2, -0.15) is 20.1 Å². The maximum Gasteiger partial charge on any atom is 0.256 e. The Morgan fingerprint density at radius 3 is 2.86 bits per heavy atom. The molecule has 3 unspecified atom stereocenters. The molecule has 0 saturated heterocycles. The summed E-state index contributed by atoms with van der Waals surface area (Å²) >= 11 is 6.01. The summed E-state index contributed by atoms with van der Waals surface area (Å²) < 4.78 is 1.58. The van der Waals surface area contributed by atoms with Gasteiger partial charge in [-0.15, -0.1) is 0 Å². The third kappa shape index (κ3) is 3.15. The maximum atomic E-state index is 6.01. The fourth-order valence-corrected chi connectivity index (χ4v) is 3.00. The largest absolute Gasteiger partial charge is 0.351 e. The number of anilines is 1. The van der Waals surface area contributed by atoms with Crippen LogP contribution in [0.4, 0.5) is 5.95 Å². The Balaban J connectivity index is 1.82. The Hall–Kier alpha value is -1.69. The van der Waals surface area contributed by atoms with Gasteiger partial charge in [0.1, 0.15) is 0 Å². The first kappa shape index (κ1) is 14.3. The molecule has 0 amide bonds. The van der Waals surface area contributed by atoms with E-state index in [1.807, 2.05) is 6.07 Å². The molecule has 2 aromatic heterocycles. The van der Waals surface area contributed by atoms with Gasteiger partial charge in [0.2, 0.25) is 11.2 Å². The number of rotatable bonds is 3. The van der Waals surface area contributed by atoms with Crippen molar-refractivity contribution in [1.82, 2.24) is 24.7 Å². The van der Waals surface area contributed by atoms with E-state index >= 15 is 0 Å². The molecule has 1 aliphatic carbocycles. The normalized spacial score (nSPS) is 25.8. The van der Waals surface area contributed by atoms with E-state index in [2.05, 4.69) is 39.2 Å². The van der Waals surface area contributed by atoms with Gasteiger partial charge in [0.05, 0.1) is 0 Å². The Morgan fingerprint density at radius 2 is 2.10 bits per heavy atom. The Bertz CT molecular complexity index is 600. The van der Waals surface area contributed by atoms with E-state index in [-0.39, 0.29) is 5.28 Å².